The molecule has 2 aromatic carbocycles. The molecule has 0 atom stereocenters. The van der Waals surface area contributed by atoms with Crippen LogP contribution in [-0.2, 0) is 10.2 Å². The van der Waals surface area contributed by atoms with Gasteiger partial charge in [0.15, 0.2) is 17.3 Å². The van der Waals surface area contributed by atoms with Gasteiger partial charge in [-0.3, -0.25) is 9.59 Å². The van der Waals surface area contributed by atoms with Gasteiger partial charge in [0.25, 0.3) is 0 Å². The number of aromatic carboxylic acids is 1. The number of rotatable bonds is 7. The first-order valence-corrected chi connectivity index (χ1v) is 12.4. The van der Waals surface area contributed by atoms with Crippen molar-refractivity contribution in [3.63, 3.8) is 0 Å². The Morgan fingerprint density at radius 2 is 1.74 bits per heavy atom. The first-order valence-electron chi connectivity index (χ1n) is 12.4. The van der Waals surface area contributed by atoms with Crippen LogP contribution >= 0.6 is 0 Å². The largest absolute Gasteiger partial charge is 0.586 e. The molecule has 5 rings (SSSR count). The van der Waals surface area contributed by atoms with E-state index in [4.69, 9.17) is 0 Å². The van der Waals surface area contributed by atoms with Crippen LogP contribution in [0.3, 0.4) is 0 Å². The molecule has 1 aliphatic carbocycles. The summed E-state index contributed by atoms with van der Waals surface area (Å²) in [6, 6.07) is 13.6. The Morgan fingerprint density at radius 1 is 1.03 bits per heavy atom. The number of amides is 1. The monoisotopic (exact) mass is 538 g/mol. The number of Topliss-reactive ketones (excluding diaryl/α,β-unsaturated/α-hetero) is 1. The van der Waals surface area contributed by atoms with Gasteiger partial charge in [-0.05, 0) is 54.2 Å². The highest BCUT2D eigenvalue weighted by atomic mass is 19.3. The van der Waals surface area contributed by atoms with Crippen LogP contribution in [0.5, 0.6) is 11.5 Å². The van der Waals surface area contributed by atoms with Crippen molar-refractivity contribution in [2.45, 2.75) is 51.7 Å². The topological polar surface area (TPSA) is 115 Å². The number of carboxylic acid groups (broad SMARTS) is 1. The first kappa shape index (κ1) is 26.3. The van der Waals surface area contributed by atoms with E-state index in [1.165, 1.54) is 24.3 Å². The number of hydrogen-bond acceptors (Lipinski definition) is 6. The number of benzene rings is 2. The predicted octanol–water partition coefficient (Wildman–Crippen LogP) is 6.30. The molecule has 2 aliphatic rings. The van der Waals surface area contributed by atoms with Gasteiger partial charge in [0.05, 0.1) is 16.7 Å². The summed E-state index contributed by atoms with van der Waals surface area (Å²) in [7, 11) is 0. The fourth-order valence-electron chi connectivity index (χ4n) is 4.60. The summed E-state index contributed by atoms with van der Waals surface area (Å²) < 4.78 is 35.9. The number of ether oxygens (including phenoxy) is 2. The Bertz CT molecular complexity index is 1510. The lowest BCUT2D eigenvalue weighted by Crippen LogP contribution is -2.28. The average molecular weight is 539 g/mol. The molecule has 0 unspecified atom stereocenters. The molecule has 3 aromatic rings. The number of anilines is 1. The van der Waals surface area contributed by atoms with Crippen LogP contribution in [0, 0.1) is 5.41 Å². The van der Waals surface area contributed by atoms with Crippen LogP contribution in [0.4, 0.5) is 14.6 Å². The molecule has 0 bridgehead atoms. The third kappa shape index (κ3) is 5.32. The molecule has 0 radical (unpaired) electrons. The van der Waals surface area contributed by atoms with Gasteiger partial charge < -0.3 is 19.9 Å². The minimum absolute atomic E-state index is 0. The Kier molecular flexibility index (Phi) is 6.16. The fraction of sp³-hybridized carbons (Fsp3) is 0.310. The van der Waals surface area contributed by atoms with Gasteiger partial charge >= 0.3 is 12.3 Å². The third-order valence-electron chi connectivity index (χ3n) is 6.65. The number of pyridine rings is 1. The Labute approximate surface area is 224 Å². The van der Waals surface area contributed by atoms with Gasteiger partial charge in [-0.25, -0.2) is 9.78 Å². The lowest BCUT2D eigenvalue weighted by Gasteiger charge is -2.18. The van der Waals surface area contributed by atoms with Crippen molar-refractivity contribution in [3.8, 4) is 22.8 Å². The van der Waals surface area contributed by atoms with Gasteiger partial charge in [0, 0.05) is 19.0 Å². The molecule has 0 saturated heterocycles. The van der Waals surface area contributed by atoms with E-state index in [9.17, 15) is 28.3 Å². The van der Waals surface area contributed by atoms with Crippen LogP contribution in [0.1, 0.15) is 67.7 Å². The number of carboxylic acids is 1. The van der Waals surface area contributed by atoms with Crippen molar-refractivity contribution in [1.82, 2.24) is 4.98 Å². The molecule has 2 N–H and O–H groups in total. The summed E-state index contributed by atoms with van der Waals surface area (Å²) in [4.78, 5) is 42.5. The summed E-state index contributed by atoms with van der Waals surface area (Å²) in [5, 5.41) is 12.5. The predicted molar refractivity (Wildman–Crippen MR) is 139 cm³/mol. The quantitative estimate of drug-likeness (QED) is 0.339. The summed E-state index contributed by atoms with van der Waals surface area (Å²) in [6.45, 7) is 5.86. The summed E-state index contributed by atoms with van der Waals surface area (Å²) in [5.74, 6) is -1.85. The molecule has 2 heterocycles. The number of carbonyl (C=O) groups is 3. The highest BCUT2D eigenvalue weighted by Gasteiger charge is 2.53. The van der Waals surface area contributed by atoms with Gasteiger partial charge in [-0.1, -0.05) is 45.0 Å². The summed E-state index contributed by atoms with van der Waals surface area (Å²) >= 11 is 0. The SMILES string of the molecule is CC(C)(C)CC(=O)c1cccc(-c2nc(NC(=O)C3(c4ccc5c(c4)OC(F)(F)O5)CC3)ccc2C(=O)O)c1.[HH]. The van der Waals surface area contributed by atoms with Crippen molar-refractivity contribution < 1.29 is 39.2 Å². The number of nitrogens with one attached hydrogen (secondary N) is 1. The van der Waals surface area contributed by atoms with Crippen molar-refractivity contribution in [2.24, 2.45) is 5.41 Å². The molecule has 0 spiro atoms. The zero-order valence-corrected chi connectivity index (χ0v) is 21.5. The number of carbonyl (C=O) groups excluding carboxylic acids is 2. The van der Waals surface area contributed by atoms with E-state index in [1.807, 2.05) is 20.8 Å². The molecule has 1 aliphatic heterocycles. The van der Waals surface area contributed by atoms with Crippen molar-refractivity contribution >= 4 is 23.5 Å². The smallest absolute Gasteiger partial charge is 0.478 e. The van der Waals surface area contributed by atoms with Gasteiger partial charge in [-0.15, -0.1) is 8.78 Å². The molecular formula is C29H28F2N2O6. The van der Waals surface area contributed by atoms with E-state index in [-0.39, 0.29) is 41.2 Å². The number of alkyl halides is 2. The van der Waals surface area contributed by atoms with Crippen molar-refractivity contribution in [3.05, 3.63) is 71.3 Å². The number of fused-ring (bicyclic) bond motifs is 1. The van der Waals surface area contributed by atoms with E-state index < -0.39 is 23.6 Å². The van der Waals surface area contributed by atoms with Gasteiger partial charge in [0.1, 0.15) is 5.82 Å². The van der Waals surface area contributed by atoms with E-state index in [2.05, 4.69) is 19.8 Å². The highest BCUT2D eigenvalue weighted by molar-refractivity contribution is 6.02. The molecule has 1 fully saturated rings. The molecule has 1 aromatic heterocycles. The maximum Gasteiger partial charge on any atom is 0.586 e. The first-order chi connectivity index (χ1) is 18.3. The molecule has 8 nitrogen and oxygen atoms in total. The van der Waals surface area contributed by atoms with Crippen molar-refractivity contribution in [2.75, 3.05) is 5.32 Å². The second kappa shape index (κ2) is 9.14. The number of ketones is 1. The fourth-order valence-corrected chi connectivity index (χ4v) is 4.60. The Hall–Kier alpha value is -4.34. The van der Waals surface area contributed by atoms with E-state index in [0.717, 1.165) is 0 Å². The van der Waals surface area contributed by atoms with Crippen LogP contribution in [-0.4, -0.2) is 34.0 Å². The van der Waals surface area contributed by atoms with Gasteiger partial charge in [0.2, 0.25) is 5.91 Å². The molecule has 10 heteroatoms. The van der Waals surface area contributed by atoms with Crippen LogP contribution < -0.4 is 14.8 Å². The van der Waals surface area contributed by atoms with E-state index >= 15 is 0 Å². The molecule has 39 heavy (non-hydrogen) atoms. The number of halogens is 2. The zero-order chi connectivity index (χ0) is 28.2. The lowest BCUT2D eigenvalue weighted by atomic mass is 9.87. The van der Waals surface area contributed by atoms with E-state index in [0.29, 0.717) is 36.0 Å². The second-order valence-electron chi connectivity index (χ2n) is 11.0. The van der Waals surface area contributed by atoms with Crippen LogP contribution in [0.15, 0.2) is 54.6 Å². The minimum Gasteiger partial charge on any atom is -0.478 e. The summed E-state index contributed by atoms with van der Waals surface area (Å²) in [5.41, 5.74) is 0.156. The number of hydrogen-bond donors (Lipinski definition) is 2. The number of aromatic nitrogens is 1. The minimum atomic E-state index is -3.76. The standard InChI is InChI=1S/C29H26F2N2O6.H2/c1-27(2,3)15-20(34)16-5-4-6-17(13-16)24-19(25(35)36)8-10-23(32-24)33-26(37)28(11-12-28)18-7-9-21-22(14-18)39-29(30,31)38-21;/h4-10,13-14H,11-12,15H2,1-3H3,(H,35,36)(H,32,33,37);1H. The van der Waals surface area contributed by atoms with Crippen molar-refractivity contribution in [1.29, 1.82) is 0 Å². The van der Waals surface area contributed by atoms with E-state index in [1.54, 1.807) is 30.3 Å². The lowest BCUT2D eigenvalue weighted by molar-refractivity contribution is -0.286. The Morgan fingerprint density at radius 3 is 2.41 bits per heavy atom. The van der Waals surface area contributed by atoms with Crippen LogP contribution in [0.2, 0.25) is 0 Å². The third-order valence-corrected chi connectivity index (χ3v) is 6.65. The van der Waals surface area contributed by atoms with Crippen LogP contribution in [0.25, 0.3) is 11.3 Å². The Balaban J connectivity index is 0.00000370. The molecule has 204 valence electrons. The normalized spacial score (nSPS) is 16.4. The summed E-state index contributed by atoms with van der Waals surface area (Å²) in [6.07, 6.45) is -2.49. The zero-order valence-electron chi connectivity index (χ0n) is 21.5. The highest BCUT2D eigenvalue weighted by Crippen LogP contribution is 2.52. The maximum absolute atomic E-state index is 13.4. The number of nitrogens with zero attached hydrogens (tertiary/aromatic N) is 1. The maximum atomic E-state index is 13.4. The van der Waals surface area contributed by atoms with Gasteiger partial charge in [-0.2, -0.15) is 0 Å². The molecule has 1 amide bonds. The average Bonchev–Trinajstić information content (AvgIpc) is 3.60. The second-order valence-corrected chi connectivity index (χ2v) is 11.0. The molecular weight excluding hydrogens is 510 g/mol. The molecule has 1 saturated carbocycles.